The lowest BCUT2D eigenvalue weighted by Crippen LogP contribution is -2.40. The van der Waals surface area contributed by atoms with E-state index in [0.29, 0.717) is 18.8 Å². The maximum absolute atomic E-state index is 13.5. The largest absolute Gasteiger partial charge is 0.379 e. The van der Waals surface area contributed by atoms with Gasteiger partial charge in [0.15, 0.2) is 0 Å². The number of para-hydroxylation sites is 1. The molecule has 9 nitrogen and oxygen atoms in total. The van der Waals surface area contributed by atoms with Gasteiger partial charge >= 0.3 is 0 Å². The van der Waals surface area contributed by atoms with Crippen molar-refractivity contribution in [3.05, 3.63) is 53.6 Å². The number of amides is 1. The molecule has 0 aromatic heterocycles. The summed E-state index contributed by atoms with van der Waals surface area (Å²) in [6, 6.07) is 10.6. The molecule has 0 spiro atoms. The molecule has 1 heterocycles. The van der Waals surface area contributed by atoms with E-state index >= 15 is 0 Å². The fraction of sp³-hybridized carbons (Fsp3) is 0.480. The van der Waals surface area contributed by atoms with E-state index in [1.807, 2.05) is 0 Å². The van der Waals surface area contributed by atoms with Gasteiger partial charge in [0.2, 0.25) is 20.0 Å². The summed E-state index contributed by atoms with van der Waals surface area (Å²) in [6.45, 7) is 2.84. The Hall–Kier alpha value is -2.31. The van der Waals surface area contributed by atoms with Gasteiger partial charge in [-0.25, -0.2) is 16.8 Å². The van der Waals surface area contributed by atoms with E-state index in [9.17, 15) is 21.6 Å². The first kappa shape index (κ1) is 26.7. The van der Waals surface area contributed by atoms with Crippen molar-refractivity contribution in [2.24, 2.45) is 0 Å². The van der Waals surface area contributed by atoms with Gasteiger partial charge in [0, 0.05) is 31.7 Å². The number of sulfonamides is 2. The van der Waals surface area contributed by atoms with E-state index in [1.165, 1.54) is 26.8 Å². The minimum atomic E-state index is -3.85. The Labute approximate surface area is 213 Å². The molecule has 1 amide bonds. The zero-order valence-electron chi connectivity index (χ0n) is 20.6. The highest BCUT2D eigenvalue weighted by molar-refractivity contribution is 7.89. The molecule has 1 saturated heterocycles. The molecule has 0 unspecified atom stereocenters. The van der Waals surface area contributed by atoms with Crippen molar-refractivity contribution in [3.8, 4) is 0 Å². The third-order valence-electron chi connectivity index (χ3n) is 6.94. The second-order valence-electron chi connectivity index (χ2n) is 9.26. The van der Waals surface area contributed by atoms with Crippen molar-refractivity contribution in [3.63, 3.8) is 0 Å². The van der Waals surface area contributed by atoms with Crippen molar-refractivity contribution in [2.45, 2.75) is 54.9 Å². The van der Waals surface area contributed by atoms with Crippen LogP contribution in [0.2, 0.25) is 0 Å². The number of hydrogen-bond donors (Lipinski definition) is 1. The van der Waals surface area contributed by atoms with Gasteiger partial charge in [-0.3, -0.25) is 4.79 Å². The molecule has 11 heteroatoms. The quantitative estimate of drug-likeness (QED) is 0.583. The van der Waals surface area contributed by atoms with E-state index in [1.54, 1.807) is 38.2 Å². The number of benzene rings is 2. The van der Waals surface area contributed by atoms with Crippen LogP contribution in [0, 0.1) is 6.92 Å². The van der Waals surface area contributed by atoms with Crippen molar-refractivity contribution >= 4 is 31.6 Å². The fourth-order valence-electron chi connectivity index (χ4n) is 4.72. The van der Waals surface area contributed by atoms with Gasteiger partial charge in [-0.2, -0.15) is 8.61 Å². The summed E-state index contributed by atoms with van der Waals surface area (Å²) >= 11 is 0. The second-order valence-corrected chi connectivity index (χ2v) is 13.2. The average Bonchev–Trinajstić information content (AvgIpc) is 2.89. The number of hydrogen-bond acceptors (Lipinski definition) is 6. The summed E-state index contributed by atoms with van der Waals surface area (Å²) in [4.78, 5) is 13.3. The molecule has 36 heavy (non-hydrogen) atoms. The molecule has 2 aromatic rings. The minimum absolute atomic E-state index is 0.0121. The average molecular weight is 536 g/mol. The van der Waals surface area contributed by atoms with Crippen LogP contribution in [0.15, 0.2) is 52.3 Å². The Kier molecular flexibility index (Phi) is 8.15. The van der Waals surface area contributed by atoms with Crippen LogP contribution in [0.1, 0.15) is 48.0 Å². The molecule has 2 aromatic carbocycles. The van der Waals surface area contributed by atoms with Crippen LogP contribution in [-0.4, -0.2) is 70.7 Å². The van der Waals surface area contributed by atoms with Gasteiger partial charge in [0.05, 0.1) is 23.8 Å². The molecule has 1 aliphatic carbocycles. The number of ether oxygens (including phenoxy) is 1. The Morgan fingerprint density at radius 1 is 1.00 bits per heavy atom. The molecule has 1 N–H and O–H groups in total. The predicted octanol–water partition coefficient (Wildman–Crippen LogP) is 3.22. The highest BCUT2D eigenvalue weighted by Gasteiger charge is 2.32. The molecule has 196 valence electrons. The monoisotopic (exact) mass is 535 g/mol. The molecule has 1 aliphatic heterocycles. The van der Waals surface area contributed by atoms with Crippen molar-refractivity contribution in [1.82, 2.24) is 8.61 Å². The van der Waals surface area contributed by atoms with Gasteiger partial charge in [-0.05, 0) is 49.6 Å². The summed E-state index contributed by atoms with van der Waals surface area (Å²) in [7, 11) is -6.05. The van der Waals surface area contributed by atoms with Gasteiger partial charge < -0.3 is 10.1 Å². The number of anilines is 1. The zero-order chi connectivity index (χ0) is 25.9. The lowest BCUT2D eigenvalue weighted by molar-refractivity contribution is 0.0730. The van der Waals surface area contributed by atoms with E-state index in [-0.39, 0.29) is 40.2 Å². The number of nitrogens with one attached hydrogen (secondary N) is 1. The van der Waals surface area contributed by atoms with E-state index < -0.39 is 26.0 Å². The zero-order valence-corrected chi connectivity index (χ0v) is 22.3. The van der Waals surface area contributed by atoms with Crippen LogP contribution >= 0.6 is 0 Å². The lowest BCUT2D eigenvalue weighted by atomic mass is 9.96. The second kappa shape index (κ2) is 11.0. The Bertz CT molecular complexity index is 1320. The van der Waals surface area contributed by atoms with Crippen LogP contribution in [0.5, 0.6) is 0 Å². The highest BCUT2D eigenvalue weighted by Crippen LogP contribution is 2.30. The number of morpholine rings is 1. The molecule has 0 atom stereocenters. The third kappa shape index (κ3) is 5.50. The van der Waals surface area contributed by atoms with Crippen molar-refractivity contribution in [1.29, 1.82) is 0 Å². The first-order valence-corrected chi connectivity index (χ1v) is 15.1. The van der Waals surface area contributed by atoms with Crippen molar-refractivity contribution < 1.29 is 26.4 Å². The van der Waals surface area contributed by atoms with Crippen LogP contribution in [-0.2, 0) is 24.8 Å². The molecule has 2 aliphatic rings. The normalized spacial score (nSPS) is 18.3. The van der Waals surface area contributed by atoms with Gasteiger partial charge in [-0.1, -0.05) is 37.5 Å². The summed E-state index contributed by atoms with van der Waals surface area (Å²) < 4.78 is 61.2. The van der Waals surface area contributed by atoms with Crippen LogP contribution < -0.4 is 5.32 Å². The predicted molar refractivity (Wildman–Crippen MR) is 137 cm³/mol. The number of rotatable bonds is 7. The molecular weight excluding hydrogens is 502 g/mol. The Morgan fingerprint density at radius 2 is 1.67 bits per heavy atom. The third-order valence-corrected chi connectivity index (χ3v) is 10.8. The van der Waals surface area contributed by atoms with Crippen LogP contribution in [0.25, 0.3) is 0 Å². The molecule has 0 bridgehead atoms. The topological polar surface area (TPSA) is 113 Å². The molecular formula is C25H33N3O6S2. The van der Waals surface area contributed by atoms with Gasteiger partial charge in [0.1, 0.15) is 4.90 Å². The number of aryl methyl sites for hydroxylation is 1. The van der Waals surface area contributed by atoms with Gasteiger partial charge in [0.25, 0.3) is 5.91 Å². The summed E-state index contributed by atoms with van der Waals surface area (Å²) in [6.07, 6.45) is 4.72. The smallest absolute Gasteiger partial charge is 0.256 e. The van der Waals surface area contributed by atoms with E-state index in [0.717, 1.165) is 32.1 Å². The Morgan fingerprint density at radius 3 is 2.36 bits per heavy atom. The van der Waals surface area contributed by atoms with E-state index in [4.69, 9.17) is 4.74 Å². The first-order valence-electron chi connectivity index (χ1n) is 12.2. The molecule has 4 rings (SSSR count). The van der Waals surface area contributed by atoms with Gasteiger partial charge in [-0.15, -0.1) is 0 Å². The summed E-state index contributed by atoms with van der Waals surface area (Å²) in [5.41, 5.74) is 0.899. The van der Waals surface area contributed by atoms with Crippen molar-refractivity contribution in [2.75, 3.05) is 38.7 Å². The lowest BCUT2D eigenvalue weighted by Gasteiger charge is -2.31. The minimum Gasteiger partial charge on any atom is -0.379 e. The summed E-state index contributed by atoms with van der Waals surface area (Å²) in [5, 5.41) is 2.72. The highest BCUT2D eigenvalue weighted by atomic mass is 32.2. The Balaban J connectivity index is 1.61. The van der Waals surface area contributed by atoms with Crippen LogP contribution in [0.3, 0.4) is 0 Å². The summed E-state index contributed by atoms with van der Waals surface area (Å²) in [5.74, 6) is -0.575. The first-order chi connectivity index (χ1) is 17.1. The number of nitrogens with zero attached hydrogens (tertiary/aromatic N) is 2. The number of carbonyl (C=O) groups excluding carboxylic acids is 1. The maximum Gasteiger partial charge on any atom is 0.256 e. The molecule has 0 radical (unpaired) electrons. The standard InChI is InChI=1S/C25H33N3O6S2/c1-19-12-13-21(35(30,31)28-14-16-34-17-15-28)18-22(19)25(29)26-23-10-6-7-11-24(23)36(32,33)27(2)20-8-4-3-5-9-20/h6-7,10-13,18,20H,3-5,8-9,14-17H2,1-2H3,(H,26,29). The SMILES string of the molecule is Cc1ccc(S(=O)(=O)N2CCOCC2)cc1C(=O)Nc1ccccc1S(=O)(=O)N(C)C1CCCCC1. The van der Waals surface area contributed by atoms with E-state index in [2.05, 4.69) is 5.32 Å². The molecule has 1 saturated carbocycles. The maximum atomic E-state index is 13.5. The van der Waals surface area contributed by atoms with Crippen LogP contribution in [0.4, 0.5) is 5.69 Å². The fourth-order valence-corrected chi connectivity index (χ4v) is 7.72. The number of carbonyl (C=O) groups is 1. The molecule has 2 fully saturated rings.